The van der Waals surface area contributed by atoms with Gasteiger partial charge in [-0.15, -0.1) is 0 Å². The van der Waals surface area contributed by atoms with Gasteiger partial charge in [-0.05, 0) is 11.8 Å². The summed E-state index contributed by atoms with van der Waals surface area (Å²) < 4.78 is 9.49. The summed E-state index contributed by atoms with van der Waals surface area (Å²) in [4.78, 5) is 45.4. The molecule has 0 aliphatic carbocycles. The number of hydrogen-bond donors (Lipinski definition) is 4. The van der Waals surface area contributed by atoms with Crippen LogP contribution in [0.5, 0.6) is 0 Å². The predicted octanol–water partition coefficient (Wildman–Crippen LogP) is 1.44. The first kappa shape index (κ1) is 25.0. The first-order chi connectivity index (χ1) is 13.1. The van der Waals surface area contributed by atoms with E-state index in [9.17, 15) is 19.2 Å². The number of alkyl carbamates (subject to hydrolysis) is 2. The molecule has 10 nitrogen and oxygen atoms in total. The zero-order chi connectivity index (χ0) is 21.7. The molecule has 0 aromatic rings. The molecule has 0 rings (SSSR count). The van der Waals surface area contributed by atoms with Crippen LogP contribution in [0, 0.1) is 23.7 Å². The summed E-state index contributed by atoms with van der Waals surface area (Å²) in [5.41, 5.74) is 0. The molecule has 0 saturated carbocycles. The average Bonchev–Trinajstić information content (AvgIpc) is 2.65. The monoisotopic (exact) mass is 400 g/mol. The molecule has 0 aromatic heterocycles. The SMILES string of the molecule is CC[C@H](C)[C@H](NC(=O)OCC#CCOC(=O)N[C@H](C(=O)O)[C@@H](C)CC)C(=O)O. The Bertz CT molecular complexity index is 560. The van der Waals surface area contributed by atoms with Crippen LogP contribution in [0.15, 0.2) is 0 Å². The van der Waals surface area contributed by atoms with Crippen molar-refractivity contribution in [2.24, 2.45) is 11.8 Å². The van der Waals surface area contributed by atoms with Gasteiger partial charge in [-0.1, -0.05) is 52.4 Å². The fourth-order valence-electron chi connectivity index (χ4n) is 2.01. The number of carboxylic acids is 2. The normalized spacial score (nSPS) is 14.3. The Morgan fingerprint density at radius 1 is 0.786 bits per heavy atom. The second kappa shape index (κ2) is 13.2. The number of ether oxygens (including phenoxy) is 2. The Kier molecular flexibility index (Phi) is 11.8. The third kappa shape index (κ3) is 9.66. The lowest BCUT2D eigenvalue weighted by Crippen LogP contribution is -2.45. The van der Waals surface area contributed by atoms with Gasteiger partial charge in [0, 0.05) is 0 Å². The minimum absolute atomic E-state index is 0.270. The minimum atomic E-state index is -1.16. The number of carbonyl (C=O) groups excluding carboxylic acids is 2. The van der Waals surface area contributed by atoms with Crippen LogP contribution in [0.3, 0.4) is 0 Å². The van der Waals surface area contributed by atoms with Gasteiger partial charge >= 0.3 is 24.1 Å². The molecular weight excluding hydrogens is 372 g/mol. The second-order valence-electron chi connectivity index (χ2n) is 6.20. The highest BCUT2D eigenvalue weighted by Gasteiger charge is 2.26. The molecule has 4 N–H and O–H groups in total. The molecule has 0 saturated heterocycles. The minimum Gasteiger partial charge on any atom is -0.480 e. The van der Waals surface area contributed by atoms with E-state index in [0.29, 0.717) is 12.8 Å². The summed E-state index contributed by atoms with van der Waals surface area (Å²) in [7, 11) is 0. The number of hydrogen-bond acceptors (Lipinski definition) is 6. The van der Waals surface area contributed by atoms with Crippen molar-refractivity contribution in [1.29, 1.82) is 0 Å². The molecule has 28 heavy (non-hydrogen) atoms. The van der Waals surface area contributed by atoms with E-state index in [1.54, 1.807) is 27.7 Å². The van der Waals surface area contributed by atoms with Crippen LogP contribution in [0.25, 0.3) is 0 Å². The summed E-state index contributed by atoms with van der Waals surface area (Å²) in [5, 5.41) is 22.6. The average molecular weight is 400 g/mol. The predicted molar refractivity (Wildman–Crippen MR) is 98.5 cm³/mol. The van der Waals surface area contributed by atoms with E-state index in [2.05, 4.69) is 22.5 Å². The van der Waals surface area contributed by atoms with Crippen LogP contribution in [0.2, 0.25) is 0 Å². The molecule has 158 valence electrons. The second-order valence-corrected chi connectivity index (χ2v) is 6.20. The first-order valence-corrected chi connectivity index (χ1v) is 8.91. The van der Waals surface area contributed by atoms with Crippen LogP contribution < -0.4 is 10.6 Å². The van der Waals surface area contributed by atoms with Crippen LogP contribution in [0.4, 0.5) is 9.59 Å². The Balaban J connectivity index is 4.27. The molecule has 2 amide bonds. The van der Waals surface area contributed by atoms with Crippen molar-refractivity contribution in [1.82, 2.24) is 10.6 Å². The van der Waals surface area contributed by atoms with Crippen molar-refractivity contribution in [3.8, 4) is 11.8 Å². The molecule has 0 aliphatic heterocycles. The van der Waals surface area contributed by atoms with Gasteiger partial charge in [-0.2, -0.15) is 0 Å². The number of nitrogens with one attached hydrogen (secondary N) is 2. The molecule has 0 fully saturated rings. The van der Waals surface area contributed by atoms with Crippen LogP contribution >= 0.6 is 0 Å². The number of amides is 2. The lowest BCUT2D eigenvalue weighted by molar-refractivity contribution is -0.141. The van der Waals surface area contributed by atoms with Crippen molar-refractivity contribution < 1.29 is 38.9 Å². The maximum Gasteiger partial charge on any atom is 0.408 e. The molecule has 0 aromatic carbocycles. The standard InChI is InChI=1S/C18H28N2O8/c1-5-11(3)13(15(21)22)19-17(25)27-9-7-8-10-28-18(26)20-14(16(23)24)12(4)6-2/h11-14H,5-6,9-10H2,1-4H3,(H,19,25)(H,20,26)(H,21,22)(H,23,24)/t11-,12-,13-,14-/m0/s1. The van der Waals surface area contributed by atoms with E-state index in [0.717, 1.165) is 0 Å². The summed E-state index contributed by atoms with van der Waals surface area (Å²) in [6.07, 6.45) is -0.705. The number of aliphatic carboxylic acids is 2. The van der Waals surface area contributed by atoms with Crippen molar-refractivity contribution >= 4 is 24.1 Å². The zero-order valence-electron chi connectivity index (χ0n) is 16.5. The van der Waals surface area contributed by atoms with Gasteiger partial charge < -0.3 is 30.3 Å². The number of carbonyl (C=O) groups is 4. The van der Waals surface area contributed by atoms with Gasteiger partial charge in [0.05, 0.1) is 0 Å². The van der Waals surface area contributed by atoms with Crippen molar-refractivity contribution in [3.63, 3.8) is 0 Å². The lowest BCUT2D eigenvalue weighted by Gasteiger charge is -2.19. The number of rotatable bonds is 10. The van der Waals surface area contributed by atoms with Crippen LogP contribution in [-0.4, -0.2) is 59.6 Å². The van der Waals surface area contributed by atoms with Crippen molar-refractivity contribution in [3.05, 3.63) is 0 Å². The third-order valence-electron chi connectivity index (χ3n) is 4.18. The summed E-state index contributed by atoms with van der Waals surface area (Å²) >= 11 is 0. The highest BCUT2D eigenvalue weighted by molar-refractivity contribution is 5.80. The van der Waals surface area contributed by atoms with E-state index < -0.39 is 36.2 Å². The van der Waals surface area contributed by atoms with Gasteiger partial charge in [0.25, 0.3) is 0 Å². The molecule has 10 heteroatoms. The smallest absolute Gasteiger partial charge is 0.408 e. The quantitative estimate of drug-likeness (QED) is 0.402. The van der Waals surface area contributed by atoms with Gasteiger partial charge in [0.15, 0.2) is 13.2 Å². The Hall–Kier alpha value is -2.96. The van der Waals surface area contributed by atoms with Gasteiger partial charge in [-0.3, -0.25) is 0 Å². The summed E-state index contributed by atoms with van der Waals surface area (Å²) in [5.74, 6) is 1.99. The molecule has 0 heterocycles. The van der Waals surface area contributed by atoms with Gasteiger partial charge in [-0.25, -0.2) is 19.2 Å². The topological polar surface area (TPSA) is 151 Å². The maximum absolute atomic E-state index is 11.6. The summed E-state index contributed by atoms with van der Waals surface area (Å²) in [6, 6.07) is -2.13. The summed E-state index contributed by atoms with van der Waals surface area (Å²) in [6.45, 7) is 6.34. The largest absolute Gasteiger partial charge is 0.480 e. The van der Waals surface area contributed by atoms with Crippen molar-refractivity contribution in [2.75, 3.05) is 13.2 Å². The lowest BCUT2D eigenvalue weighted by atomic mass is 10.00. The third-order valence-corrected chi connectivity index (χ3v) is 4.18. The first-order valence-electron chi connectivity index (χ1n) is 8.91. The Labute approximate surface area is 164 Å². The fraction of sp³-hybridized carbons (Fsp3) is 0.667. The van der Waals surface area contributed by atoms with Gasteiger partial charge in [0.2, 0.25) is 0 Å². The Morgan fingerprint density at radius 2 is 1.11 bits per heavy atom. The molecular formula is C18H28N2O8. The Morgan fingerprint density at radius 3 is 1.36 bits per heavy atom. The molecule has 4 atom stereocenters. The molecule has 0 spiro atoms. The van der Waals surface area contributed by atoms with E-state index in [4.69, 9.17) is 19.7 Å². The number of carboxylic acid groups (broad SMARTS) is 2. The van der Waals surface area contributed by atoms with Crippen LogP contribution in [0.1, 0.15) is 40.5 Å². The molecule has 0 aliphatic rings. The van der Waals surface area contributed by atoms with E-state index in [-0.39, 0.29) is 25.0 Å². The molecule has 0 radical (unpaired) electrons. The fourth-order valence-corrected chi connectivity index (χ4v) is 2.01. The van der Waals surface area contributed by atoms with Gasteiger partial charge in [0.1, 0.15) is 12.1 Å². The highest BCUT2D eigenvalue weighted by Crippen LogP contribution is 2.08. The maximum atomic E-state index is 11.6. The van der Waals surface area contributed by atoms with E-state index >= 15 is 0 Å². The molecule has 0 unspecified atom stereocenters. The van der Waals surface area contributed by atoms with Crippen molar-refractivity contribution in [2.45, 2.75) is 52.6 Å². The zero-order valence-corrected chi connectivity index (χ0v) is 16.5. The van der Waals surface area contributed by atoms with E-state index in [1.165, 1.54) is 0 Å². The van der Waals surface area contributed by atoms with E-state index in [1.807, 2.05) is 0 Å². The van der Waals surface area contributed by atoms with Crippen LogP contribution in [-0.2, 0) is 19.1 Å². The molecule has 0 bridgehead atoms. The highest BCUT2D eigenvalue weighted by atomic mass is 16.6.